The molecule has 102 valence electrons. The molecule has 0 bridgehead atoms. The maximum absolute atomic E-state index is 11.9. The second kappa shape index (κ2) is 5.37. The lowest BCUT2D eigenvalue weighted by molar-refractivity contribution is -0.157. The highest BCUT2D eigenvalue weighted by Crippen LogP contribution is 2.29. The number of carbonyl (C=O) groups is 3. The van der Waals surface area contributed by atoms with E-state index in [-0.39, 0.29) is 30.7 Å². The number of nitrogens with zero attached hydrogens (tertiary/aromatic N) is 2. The van der Waals surface area contributed by atoms with E-state index in [1.165, 1.54) is 9.80 Å². The Morgan fingerprint density at radius 3 is 2.39 bits per heavy atom. The number of likely N-dealkylation sites (N-methyl/N-ethyl adjacent to an activating group) is 1. The van der Waals surface area contributed by atoms with Crippen molar-refractivity contribution in [1.29, 1.82) is 0 Å². The van der Waals surface area contributed by atoms with Crippen LogP contribution in [-0.2, 0) is 14.4 Å². The monoisotopic (exact) mass is 256 g/mol. The summed E-state index contributed by atoms with van der Waals surface area (Å²) in [5.74, 6) is -2.07. The number of hydrogen-bond donors (Lipinski definition) is 1. The molecular weight excluding hydrogens is 236 g/mol. The molecule has 1 heterocycles. The number of likely N-dealkylation sites (tertiary alicyclic amines) is 1. The summed E-state index contributed by atoms with van der Waals surface area (Å²) in [7, 11) is 3.22. The Hall–Kier alpha value is -1.59. The van der Waals surface area contributed by atoms with Crippen molar-refractivity contribution in [3.63, 3.8) is 0 Å². The molecule has 0 aliphatic carbocycles. The molecule has 18 heavy (non-hydrogen) atoms. The number of amides is 2. The third-order valence-corrected chi connectivity index (χ3v) is 3.53. The van der Waals surface area contributed by atoms with Crippen LogP contribution in [0.25, 0.3) is 0 Å². The van der Waals surface area contributed by atoms with Crippen molar-refractivity contribution in [3.8, 4) is 0 Å². The molecule has 0 spiro atoms. The Balaban J connectivity index is 2.87. The molecule has 1 N–H and O–H groups in total. The van der Waals surface area contributed by atoms with Crippen LogP contribution in [0.3, 0.4) is 0 Å². The molecule has 1 saturated heterocycles. The van der Waals surface area contributed by atoms with Gasteiger partial charge in [-0.25, -0.2) is 0 Å². The molecule has 1 aliphatic heterocycles. The van der Waals surface area contributed by atoms with Gasteiger partial charge in [-0.3, -0.25) is 14.4 Å². The van der Waals surface area contributed by atoms with Gasteiger partial charge < -0.3 is 14.9 Å². The van der Waals surface area contributed by atoms with E-state index in [2.05, 4.69) is 0 Å². The van der Waals surface area contributed by atoms with Crippen molar-refractivity contribution in [2.75, 3.05) is 20.6 Å². The van der Waals surface area contributed by atoms with Crippen molar-refractivity contribution in [3.05, 3.63) is 0 Å². The molecule has 6 heteroatoms. The van der Waals surface area contributed by atoms with Crippen LogP contribution >= 0.6 is 0 Å². The van der Waals surface area contributed by atoms with Gasteiger partial charge >= 0.3 is 5.97 Å². The first-order chi connectivity index (χ1) is 8.25. The minimum absolute atomic E-state index is 0.0521. The van der Waals surface area contributed by atoms with Crippen molar-refractivity contribution in [1.82, 2.24) is 9.80 Å². The molecule has 0 radical (unpaired) electrons. The highest BCUT2D eigenvalue weighted by Gasteiger charge is 2.42. The van der Waals surface area contributed by atoms with Crippen molar-refractivity contribution in [2.24, 2.45) is 11.8 Å². The topological polar surface area (TPSA) is 77.9 Å². The third-order valence-electron chi connectivity index (χ3n) is 3.53. The second-order valence-corrected chi connectivity index (χ2v) is 5.10. The Labute approximate surface area is 107 Å². The van der Waals surface area contributed by atoms with E-state index in [0.29, 0.717) is 0 Å². The summed E-state index contributed by atoms with van der Waals surface area (Å²) in [6.07, 6.45) is 0.183. The maximum Gasteiger partial charge on any atom is 0.308 e. The first-order valence-corrected chi connectivity index (χ1v) is 5.98. The Kier molecular flexibility index (Phi) is 4.32. The van der Waals surface area contributed by atoms with Gasteiger partial charge in [0, 0.05) is 26.6 Å². The van der Waals surface area contributed by atoms with E-state index in [1.807, 2.05) is 0 Å². The molecule has 1 rings (SSSR count). The average Bonchev–Trinajstić information content (AvgIpc) is 2.22. The first-order valence-electron chi connectivity index (χ1n) is 5.98. The quantitative estimate of drug-likeness (QED) is 0.773. The molecule has 0 aromatic heterocycles. The van der Waals surface area contributed by atoms with Crippen LogP contribution in [0.4, 0.5) is 0 Å². The van der Waals surface area contributed by atoms with Crippen LogP contribution in [0.1, 0.15) is 20.3 Å². The minimum Gasteiger partial charge on any atom is -0.481 e. The van der Waals surface area contributed by atoms with Crippen LogP contribution in [-0.4, -0.2) is 59.4 Å². The Morgan fingerprint density at radius 1 is 1.39 bits per heavy atom. The summed E-state index contributed by atoms with van der Waals surface area (Å²) in [5.41, 5.74) is 0. The fourth-order valence-corrected chi connectivity index (χ4v) is 2.39. The highest BCUT2D eigenvalue weighted by atomic mass is 16.4. The molecule has 0 saturated carbocycles. The summed E-state index contributed by atoms with van der Waals surface area (Å²) in [6.45, 7) is 3.40. The molecular formula is C12H20N2O4. The number of carbonyl (C=O) groups excluding carboxylic acids is 2. The van der Waals surface area contributed by atoms with Gasteiger partial charge in [0.2, 0.25) is 11.8 Å². The summed E-state index contributed by atoms with van der Waals surface area (Å²) in [4.78, 5) is 37.5. The molecule has 0 aromatic rings. The van der Waals surface area contributed by atoms with Gasteiger partial charge in [-0.15, -0.1) is 0 Å². The predicted molar refractivity (Wildman–Crippen MR) is 64.8 cm³/mol. The van der Waals surface area contributed by atoms with Crippen LogP contribution in [0.15, 0.2) is 0 Å². The summed E-state index contributed by atoms with van der Waals surface area (Å²) in [6, 6.07) is -0.456. The number of aliphatic carboxylic acids is 1. The summed E-state index contributed by atoms with van der Waals surface area (Å²) in [5, 5.41) is 9.19. The molecule has 2 amide bonds. The van der Waals surface area contributed by atoms with Crippen LogP contribution in [0.5, 0.6) is 0 Å². The maximum atomic E-state index is 11.9. The van der Waals surface area contributed by atoms with E-state index in [0.717, 1.165) is 0 Å². The van der Waals surface area contributed by atoms with Crippen LogP contribution < -0.4 is 0 Å². The smallest absolute Gasteiger partial charge is 0.308 e. The number of rotatable bonds is 3. The molecule has 0 aromatic carbocycles. The van der Waals surface area contributed by atoms with Crippen molar-refractivity contribution >= 4 is 17.8 Å². The largest absolute Gasteiger partial charge is 0.481 e. The standard InChI is InChI=1S/C12H20N2O4/c1-7-5-9(15)14(6-10(16)13(3)4)8(2)11(7)12(17)18/h7-8,11H,5-6H2,1-4H3,(H,17,18). The summed E-state index contributed by atoms with van der Waals surface area (Å²) >= 11 is 0. The average molecular weight is 256 g/mol. The zero-order valence-corrected chi connectivity index (χ0v) is 11.2. The van der Waals surface area contributed by atoms with Gasteiger partial charge in [0.05, 0.1) is 12.5 Å². The van der Waals surface area contributed by atoms with Crippen LogP contribution in [0.2, 0.25) is 0 Å². The van der Waals surface area contributed by atoms with Gasteiger partial charge in [0.1, 0.15) is 0 Å². The van der Waals surface area contributed by atoms with Crippen molar-refractivity contribution in [2.45, 2.75) is 26.3 Å². The summed E-state index contributed by atoms with van der Waals surface area (Å²) < 4.78 is 0. The normalized spacial score (nSPS) is 28.1. The lowest BCUT2D eigenvalue weighted by atomic mass is 9.81. The molecule has 1 aliphatic rings. The Morgan fingerprint density at radius 2 is 1.94 bits per heavy atom. The zero-order valence-electron chi connectivity index (χ0n) is 11.2. The predicted octanol–water partition coefficient (Wildman–Crippen LogP) is 0.0323. The molecule has 1 fully saturated rings. The van der Waals surface area contributed by atoms with E-state index in [1.54, 1.807) is 27.9 Å². The second-order valence-electron chi connectivity index (χ2n) is 5.10. The number of piperidine rings is 1. The minimum atomic E-state index is -0.912. The molecule has 6 nitrogen and oxygen atoms in total. The number of hydrogen-bond acceptors (Lipinski definition) is 3. The van der Waals surface area contributed by atoms with Gasteiger partial charge in [-0.05, 0) is 12.8 Å². The molecule has 3 unspecified atom stereocenters. The number of carboxylic acids is 1. The van der Waals surface area contributed by atoms with Gasteiger partial charge in [-0.2, -0.15) is 0 Å². The van der Waals surface area contributed by atoms with Crippen molar-refractivity contribution < 1.29 is 19.5 Å². The van der Waals surface area contributed by atoms with E-state index in [9.17, 15) is 19.5 Å². The van der Waals surface area contributed by atoms with Gasteiger partial charge in [-0.1, -0.05) is 6.92 Å². The first kappa shape index (κ1) is 14.5. The lowest BCUT2D eigenvalue weighted by Crippen LogP contribution is -2.55. The number of carboxylic acid groups (broad SMARTS) is 1. The van der Waals surface area contributed by atoms with Gasteiger partial charge in [0.25, 0.3) is 0 Å². The fourth-order valence-electron chi connectivity index (χ4n) is 2.39. The fraction of sp³-hybridized carbons (Fsp3) is 0.750. The van der Waals surface area contributed by atoms with E-state index >= 15 is 0 Å². The third kappa shape index (κ3) is 2.80. The van der Waals surface area contributed by atoms with E-state index in [4.69, 9.17) is 0 Å². The molecule has 3 atom stereocenters. The Bertz CT molecular complexity index is 367. The van der Waals surface area contributed by atoms with Gasteiger partial charge in [0.15, 0.2) is 0 Å². The zero-order chi connectivity index (χ0) is 14.0. The SMILES string of the molecule is CC1CC(=O)N(CC(=O)N(C)C)C(C)C1C(=O)O. The van der Waals surface area contributed by atoms with Crippen LogP contribution in [0, 0.1) is 11.8 Å². The highest BCUT2D eigenvalue weighted by molar-refractivity contribution is 5.87. The van der Waals surface area contributed by atoms with E-state index < -0.39 is 17.9 Å². The lowest BCUT2D eigenvalue weighted by Gasteiger charge is -2.40.